The zero-order valence-corrected chi connectivity index (χ0v) is 11.9. The Kier molecular flexibility index (Phi) is 4.97. The first kappa shape index (κ1) is 14.8. The van der Waals surface area contributed by atoms with E-state index in [0.29, 0.717) is 19.6 Å². The highest BCUT2D eigenvalue weighted by atomic mass is 19.1. The van der Waals surface area contributed by atoms with Gasteiger partial charge in [0.25, 0.3) is 0 Å². The van der Waals surface area contributed by atoms with Crippen LogP contribution in [0.1, 0.15) is 38.2 Å². The summed E-state index contributed by atoms with van der Waals surface area (Å²) in [5.74, 6) is -0.0398. The van der Waals surface area contributed by atoms with Crippen LogP contribution in [0.4, 0.5) is 4.39 Å². The molecule has 0 heterocycles. The van der Waals surface area contributed by atoms with Crippen LogP contribution in [-0.4, -0.2) is 13.2 Å². The van der Waals surface area contributed by atoms with Gasteiger partial charge in [-0.3, -0.25) is 0 Å². The van der Waals surface area contributed by atoms with E-state index in [1.807, 2.05) is 6.07 Å². The normalized spacial score (nSPS) is 15.7. The average molecular weight is 276 g/mol. The second-order valence-corrected chi connectivity index (χ2v) is 5.57. The van der Waals surface area contributed by atoms with E-state index in [9.17, 15) is 4.39 Å². The molecule has 1 N–H and O–H groups in total. The number of nitrogens with zero attached hydrogens (tertiary/aromatic N) is 1. The minimum absolute atomic E-state index is 0.0253. The topological polar surface area (TPSA) is 45.0 Å². The molecule has 4 heteroatoms. The van der Waals surface area contributed by atoms with Crippen molar-refractivity contribution in [3.63, 3.8) is 0 Å². The molecule has 1 aromatic rings. The molecule has 1 fully saturated rings. The van der Waals surface area contributed by atoms with Gasteiger partial charge in [-0.1, -0.05) is 13.0 Å². The van der Waals surface area contributed by atoms with Crippen LogP contribution in [0.25, 0.3) is 0 Å². The molecule has 0 aromatic heterocycles. The lowest BCUT2D eigenvalue weighted by atomic mass is 10.1. The second kappa shape index (κ2) is 6.71. The number of hydrogen-bond donors (Lipinski definition) is 1. The van der Waals surface area contributed by atoms with Gasteiger partial charge in [0.2, 0.25) is 0 Å². The zero-order chi connectivity index (χ0) is 14.4. The fourth-order valence-electron chi connectivity index (χ4n) is 2.13. The van der Waals surface area contributed by atoms with Gasteiger partial charge in [0, 0.05) is 18.4 Å². The Hall–Kier alpha value is -1.60. The first-order chi connectivity index (χ1) is 9.69. The average Bonchev–Trinajstić information content (AvgIpc) is 3.19. The van der Waals surface area contributed by atoms with Crippen LogP contribution in [-0.2, 0) is 6.54 Å². The van der Waals surface area contributed by atoms with Crippen molar-refractivity contribution in [3.05, 3.63) is 29.6 Å². The van der Waals surface area contributed by atoms with Crippen LogP contribution in [0.5, 0.6) is 5.75 Å². The Morgan fingerprint density at radius 3 is 2.85 bits per heavy atom. The molecular formula is C16H21FN2O. The number of hydrogen-bond acceptors (Lipinski definition) is 3. The molecule has 0 unspecified atom stereocenters. The third kappa shape index (κ3) is 3.94. The lowest BCUT2D eigenvalue weighted by Gasteiger charge is -2.14. The molecule has 0 amide bonds. The fourth-order valence-corrected chi connectivity index (χ4v) is 2.13. The molecule has 0 bridgehead atoms. The lowest BCUT2D eigenvalue weighted by Crippen LogP contribution is -2.15. The van der Waals surface area contributed by atoms with Crippen molar-refractivity contribution in [1.29, 1.82) is 5.26 Å². The SMILES string of the molecule is CCCNCc1ccc(OCC2(CC#N)CC2)c(F)c1. The van der Waals surface area contributed by atoms with Crippen LogP contribution in [0, 0.1) is 22.6 Å². The highest BCUT2D eigenvalue weighted by Gasteiger charge is 2.43. The number of ether oxygens (including phenoxy) is 1. The van der Waals surface area contributed by atoms with Crippen molar-refractivity contribution >= 4 is 0 Å². The van der Waals surface area contributed by atoms with Gasteiger partial charge < -0.3 is 10.1 Å². The molecular weight excluding hydrogens is 255 g/mol. The van der Waals surface area contributed by atoms with Crippen LogP contribution in [0.15, 0.2) is 18.2 Å². The summed E-state index contributed by atoms with van der Waals surface area (Å²) in [6.45, 7) is 4.13. The first-order valence-corrected chi connectivity index (χ1v) is 7.18. The molecule has 1 aromatic carbocycles. The van der Waals surface area contributed by atoms with Crippen molar-refractivity contribution < 1.29 is 9.13 Å². The number of nitrogens with one attached hydrogen (secondary N) is 1. The summed E-state index contributed by atoms with van der Waals surface area (Å²) < 4.78 is 19.5. The predicted octanol–water partition coefficient (Wildman–Crippen LogP) is 3.40. The van der Waals surface area contributed by atoms with Crippen LogP contribution in [0.3, 0.4) is 0 Å². The van der Waals surface area contributed by atoms with Crippen molar-refractivity contribution in [2.75, 3.05) is 13.2 Å². The Bertz CT molecular complexity index is 492. The molecule has 0 atom stereocenters. The standard InChI is InChI=1S/C16H21FN2O/c1-2-9-19-11-13-3-4-15(14(17)10-13)20-12-16(5-6-16)7-8-18/h3-4,10,19H,2,5-7,9,11-12H2,1H3. The van der Waals surface area contributed by atoms with E-state index in [1.54, 1.807) is 6.07 Å². The van der Waals surface area contributed by atoms with Crippen LogP contribution in [0.2, 0.25) is 0 Å². The summed E-state index contributed by atoms with van der Waals surface area (Å²) in [5, 5.41) is 12.0. The molecule has 0 saturated heterocycles. The van der Waals surface area contributed by atoms with Gasteiger partial charge in [-0.05, 0) is 43.5 Å². The minimum atomic E-state index is -0.325. The summed E-state index contributed by atoms with van der Waals surface area (Å²) >= 11 is 0. The van der Waals surface area contributed by atoms with Gasteiger partial charge in [-0.25, -0.2) is 4.39 Å². The molecule has 1 saturated carbocycles. The van der Waals surface area contributed by atoms with Crippen molar-refractivity contribution in [1.82, 2.24) is 5.32 Å². The molecule has 3 nitrogen and oxygen atoms in total. The van der Waals surface area contributed by atoms with E-state index in [-0.39, 0.29) is 17.0 Å². The number of nitriles is 1. The third-order valence-corrected chi connectivity index (χ3v) is 3.70. The van der Waals surface area contributed by atoms with Gasteiger partial charge in [0.05, 0.1) is 12.7 Å². The van der Waals surface area contributed by atoms with Crippen molar-refractivity contribution in [2.45, 2.75) is 39.2 Å². The van der Waals surface area contributed by atoms with E-state index in [2.05, 4.69) is 18.3 Å². The number of benzene rings is 1. The van der Waals surface area contributed by atoms with Gasteiger partial charge in [-0.15, -0.1) is 0 Å². The highest BCUT2D eigenvalue weighted by molar-refractivity contribution is 5.29. The van der Waals surface area contributed by atoms with Gasteiger partial charge in [0.1, 0.15) is 0 Å². The Balaban J connectivity index is 1.88. The van der Waals surface area contributed by atoms with E-state index in [0.717, 1.165) is 31.4 Å². The molecule has 108 valence electrons. The second-order valence-electron chi connectivity index (χ2n) is 5.57. The van der Waals surface area contributed by atoms with E-state index in [4.69, 9.17) is 10.00 Å². The quantitative estimate of drug-likeness (QED) is 0.740. The van der Waals surface area contributed by atoms with E-state index in [1.165, 1.54) is 6.07 Å². The largest absolute Gasteiger partial charge is 0.490 e. The first-order valence-electron chi connectivity index (χ1n) is 7.18. The maximum absolute atomic E-state index is 13.9. The molecule has 20 heavy (non-hydrogen) atoms. The van der Waals surface area contributed by atoms with Crippen molar-refractivity contribution in [3.8, 4) is 11.8 Å². The Morgan fingerprint density at radius 1 is 1.45 bits per heavy atom. The maximum atomic E-state index is 13.9. The van der Waals surface area contributed by atoms with E-state index < -0.39 is 0 Å². The van der Waals surface area contributed by atoms with E-state index >= 15 is 0 Å². The summed E-state index contributed by atoms with van der Waals surface area (Å²) in [7, 11) is 0. The summed E-state index contributed by atoms with van der Waals surface area (Å²) in [6.07, 6.45) is 3.56. The molecule has 1 aliphatic carbocycles. The molecule has 0 radical (unpaired) electrons. The van der Waals surface area contributed by atoms with Gasteiger partial charge in [0.15, 0.2) is 11.6 Å². The minimum Gasteiger partial charge on any atom is -0.490 e. The molecule has 0 spiro atoms. The molecule has 1 aliphatic rings. The molecule has 0 aliphatic heterocycles. The Labute approximate surface area is 119 Å². The maximum Gasteiger partial charge on any atom is 0.165 e. The molecule has 2 rings (SSSR count). The van der Waals surface area contributed by atoms with Crippen molar-refractivity contribution in [2.24, 2.45) is 5.41 Å². The number of rotatable bonds is 8. The van der Waals surface area contributed by atoms with Crippen LogP contribution < -0.4 is 10.1 Å². The zero-order valence-electron chi connectivity index (χ0n) is 11.9. The summed E-state index contributed by atoms with van der Waals surface area (Å²) in [4.78, 5) is 0. The van der Waals surface area contributed by atoms with Gasteiger partial charge >= 0.3 is 0 Å². The summed E-state index contributed by atoms with van der Waals surface area (Å²) in [5.41, 5.74) is 0.893. The number of halogens is 1. The predicted molar refractivity (Wildman–Crippen MR) is 75.8 cm³/mol. The Morgan fingerprint density at radius 2 is 2.25 bits per heavy atom. The monoisotopic (exact) mass is 276 g/mol. The fraction of sp³-hybridized carbons (Fsp3) is 0.562. The smallest absolute Gasteiger partial charge is 0.165 e. The lowest BCUT2D eigenvalue weighted by molar-refractivity contribution is 0.227. The van der Waals surface area contributed by atoms with Gasteiger partial charge in [-0.2, -0.15) is 5.26 Å². The third-order valence-electron chi connectivity index (χ3n) is 3.70. The van der Waals surface area contributed by atoms with Crippen LogP contribution >= 0.6 is 0 Å². The highest BCUT2D eigenvalue weighted by Crippen LogP contribution is 2.48. The summed E-state index contributed by atoms with van der Waals surface area (Å²) in [6, 6.07) is 7.25.